The van der Waals surface area contributed by atoms with Gasteiger partial charge in [-0.2, -0.15) is 0 Å². The summed E-state index contributed by atoms with van der Waals surface area (Å²) < 4.78 is 12.9. The van der Waals surface area contributed by atoms with Crippen LogP contribution in [-0.4, -0.2) is 17.6 Å². The van der Waals surface area contributed by atoms with Gasteiger partial charge < -0.3 is 10.4 Å². The molecule has 1 amide bonds. The molecule has 0 fully saturated rings. The molecule has 0 heterocycles. The second-order valence-corrected chi connectivity index (χ2v) is 3.46. The molecule has 1 aromatic rings. The largest absolute Gasteiger partial charge is 0.387 e. The maximum atomic E-state index is 12.9. The predicted molar refractivity (Wildman–Crippen MR) is 54.8 cm³/mol. The van der Waals surface area contributed by atoms with Crippen molar-refractivity contribution in [2.45, 2.75) is 20.0 Å². The van der Waals surface area contributed by atoms with E-state index in [1.807, 2.05) is 0 Å². The molecule has 3 nitrogen and oxygen atoms in total. The molecule has 0 aromatic heterocycles. The van der Waals surface area contributed by atoms with Crippen LogP contribution in [0.15, 0.2) is 18.2 Å². The highest BCUT2D eigenvalue weighted by Gasteiger charge is 2.09. The van der Waals surface area contributed by atoms with E-state index in [0.717, 1.165) is 0 Å². The second-order valence-electron chi connectivity index (χ2n) is 3.46. The average molecular weight is 211 g/mol. The van der Waals surface area contributed by atoms with Crippen molar-refractivity contribution in [1.29, 1.82) is 0 Å². The zero-order valence-corrected chi connectivity index (χ0v) is 8.75. The number of halogens is 1. The van der Waals surface area contributed by atoms with Gasteiger partial charge in [0.25, 0.3) is 0 Å². The first-order valence-electron chi connectivity index (χ1n) is 4.69. The van der Waals surface area contributed by atoms with E-state index in [-0.39, 0.29) is 18.3 Å². The number of aliphatic hydroxyl groups is 1. The van der Waals surface area contributed by atoms with E-state index in [1.165, 1.54) is 19.1 Å². The first-order chi connectivity index (χ1) is 7.00. The van der Waals surface area contributed by atoms with Gasteiger partial charge in [-0.05, 0) is 24.1 Å². The van der Waals surface area contributed by atoms with Crippen LogP contribution in [0.5, 0.6) is 0 Å². The van der Waals surface area contributed by atoms with Gasteiger partial charge in [0.15, 0.2) is 0 Å². The number of hydrogen-bond donors (Lipinski definition) is 2. The van der Waals surface area contributed by atoms with Crippen LogP contribution < -0.4 is 5.32 Å². The molecule has 1 unspecified atom stereocenters. The third kappa shape index (κ3) is 3.32. The SMILES string of the molecule is CC(=O)NCC(O)c1ccc(F)c(C)c1. The maximum Gasteiger partial charge on any atom is 0.216 e. The number of aliphatic hydroxyl groups excluding tert-OH is 1. The van der Waals surface area contributed by atoms with Crippen LogP contribution in [0.25, 0.3) is 0 Å². The molecular formula is C11H14FNO2. The van der Waals surface area contributed by atoms with Crippen LogP contribution in [0.4, 0.5) is 4.39 Å². The summed E-state index contributed by atoms with van der Waals surface area (Å²) in [6.45, 7) is 3.15. The van der Waals surface area contributed by atoms with E-state index in [2.05, 4.69) is 5.32 Å². The van der Waals surface area contributed by atoms with Crippen molar-refractivity contribution in [3.05, 3.63) is 35.1 Å². The lowest BCUT2D eigenvalue weighted by atomic mass is 10.1. The summed E-state index contributed by atoms with van der Waals surface area (Å²) in [5.41, 5.74) is 1.08. The van der Waals surface area contributed by atoms with Gasteiger partial charge in [0, 0.05) is 13.5 Å². The number of carbonyl (C=O) groups excluding carboxylic acids is 1. The standard InChI is InChI=1S/C11H14FNO2/c1-7-5-9(3-4-10(7)12)11(15)6-13-8(2)14/h3-5,11,15H,6H2,1-2H3,(H,13,14). The first-order valence-corrected chi connectivity index (χ1v) is 4.69. The second kappa shape index (κ2) is 4.89. The van der Waals surface area contributed by atoms with Crippen molar-refractivity contribution in [3.8, 4) is 0 Å². The molecule has 15 heavy (non-hydrogen) atoms. The molecule has 0 saturated heterocycles. The summed E-state index contributed by atoms with van der Waals surface area (Å²) in [6, 6.07) is 4.39. The highest BCUT2D eigenvalue weighted by molar-refractivity contribution is 5.72. The van der Waals surface area contributed by atoms with Crippen LogP contribution in [0.1, 0.15) is 24.2 Å². The Labute approximate surface area is 87.9 Å². The van der Waals surface area contributed by atoms with E-state index in [1.54, 1.807) is 13.0 Å². The highest BCUT2D eigenvalue weighted by atomic mass is 19.1. The van der Waals surface area contributed by atoms with Crippen molar-refractivity contribution in [1.82, 2.24) is 5.32 Å². The number of carbonyl (C=O) groups is 1. The van der Waals surface area contributed by atoms with Gasteiger partial charge in [-0.1, -0.05) is 12.1 Å². The normalized spacial score (nSPS) is 12.3. The number of rotatable bonds is 3. The van der Waals surface area contributed by atoms with Crippen LogP contribution in [0.2, 0.25) is 0 Å². The Bertz CT molecular complexity index is 366. The maximum absolute atomic E-state index is 12.9. The van der Waals surface area contributed by atoms with Gasteiger partial charge in [-0.15, -0.1) is 0 Å². The van der Waals surface area contributed by atoms with Gasteiger partial charge in [0.05, 0.1) is 6.10 Å². The molecule has 2 N–H and O–H groups in total. The molecule has 0 bridgehead atoms. The van der Waals surface area contributed by atoms with Gasteiger partial charge in [-0.3, -0.25) is 4.79 Å². The third-order valence-electron chi connectivity index (χ3n) is 2.11. The molecule has 0 saturated carbocycles. The number of nitrogens with one attached hydrogen (secondary N) is 1. The molecular weight excluding hydrogens is 197 g/mol. The van der Waals surface area contributed by atoms with E-state index in [9.17, 15) is 14.3 Å². The zero-order chi connectivity index (χ0) is 11.4. The Morgan fingerprint density at radius 1 is 1.60 bits per heavy atom. The molecule has 0 radical (unpaired) electrons. The van der Waals surface area contributed by atoms with Crippen molar-refractivity contribution < 1.29 is 14.3 Å². The fraction of sp³-hybridized carbons (Fsp3) is 0.364. The Hall–Kier alpha value is -1.42. The van der Waals surface area contributed by atoms with E-state index in [4.69, 9.17) is 0 Å². The first kappa shape index (κ1) is 11.7. The monoisotopic (exact) mass is 211 g/mol. The summed E-state index contributed by atoms with van der Waals surface area (Å²) >= 11 is 0. The zero-order valence-electron chi connectivity index (χ0n) is 8.75. The van der Waals surface area contributed by atoms with Crippen molar-refractivity contribution in [3.63, 3.8) is 0 Å². The Kier molecular flexibility index (Phi) is 3.80. The lowest BCUT2D eigenvalue weighted by Crippen LogP contribution is -2.25. The Morgan fingerprint density at radius 3 is 2.80 bits per heavy atom. The minimum atomic E-state index is -0.798. The summed E-state index contributed by atoms with van der Waals surface area (Å²) in [6.07, 6.45) is -0.798. The minimum Gasteiger partial charge on any atom is -0.387 e. The van der Waals surface area contributed by atoms with Crippen LogP contribution >= 0.6 is 0 Å². The third-order valence-corrected chi connectivity index (χ3v) is 2.11. The topological polar surface area (TPSA) is 49.3 Å². The molecule has 0 aliphatic carbocycles. The van der Waals surface area contributed by atoms with Gasteiger partial charge in [0.1, 0.15) is 5.82 Å². The van der Waals surface area contributed by atoms with Crippen LogP contribution in [0.3, 0.4) is 0 Å². The molecule has 4 heteroatoms. The van der Waals surface area contributed by atoms with Gasteiger partial charge >= 0.3 is 0 Å². The summed E-state index contributed by atoms with van der Waals surface area (Å²) in [4.78, 5) is 10.6. The molecule has 0 aliphatic heterocycles. The average Bonchev–Trinajstić information content (AvgIpc) is 2.18. The smallest absolute Gasteiger partial charge is 0.216 e. The van der Waals surface area contributed by atoms with Crippen molar-refractivity contribution in [2.75, 3.05) is 6.54 Å². The summed E-state index contributed by atoms with van der Waals surface area (Å²) in [5.74, 6) is -0.502. The lowest BCUT2D eigenvalue weighted by molar-refractivity contribution is -0.119. The van der Waals surface area contributed by atoms with Gasteiger partial charge in [-0.25, -0.2) is 4.39 Å². The van der Waals surface area contributed by atoms with Gasteiger partial charge in [0.2, 0.25) is 5.91 Å². The molecule has 1 atom stereocenters. The summed E-state index contributed by atoms with van der Waals surface area (Å²) in [5, 5.41) is 12.1. The van der Waals surface area contributed by atoms with Crippen LogP contribution in [0, 0.1) is 12.7 Å². The van der Waals surface area contributed by atoms with E-state index in [0.29, 0.717) is 11.1 Å². The number of amides is 1. The molecule has 0 aliphatic rings. The lowest BCUT2D eigenvalue weighted by Gasteiger charge is -2.12. The molecule has 0 spiro atoms. The number of aryl methyl sites for hydroxylation is 1. The number of hydrogen-bond acceptors (Lipinski definition) is 2. The van der Waals surface area contributed by atoms with Crippen molar-refractivity contribution in [2.24, 2.45) is 0 Å². The molecule has 82 valence electrons. The van der Waals surface area contributed by atoms with Crippen molar-refractivity contribution >= 4 is 5.91 Å². The molecule has 1 aromatic carbocycles. The highest BCUT2D eigenvalue weighted by Crippen LogP contribution is 2.15. The fourth-order valence-corrected chi connectivity index (χ4v) is 1.23. The Balaban J connectivity index is 2.69. The quantitative estimate of drug-likeness (QED) is 0.791. The predicted octanol–water partition coefficient (Wildman–Crippen LogP) is 1.30. The fourth-order valence-electron chi connectivity index (χ4n) is 1.23. The van der Waals surface area contributed by atoms with E-state index < -0.39 is 6.10 Å². The van der Waals surface area contributed by atoms with E-state index >= 15 is 0 Å². The molecule has 1 rings (SSSR count). The number of benzene rings is 1. The minimum absolute atomic E-state index is 0.139. The Morgan fingerprint density at radius 2 is 2.27 bits per heavy atom. The van der Waals surface area contributed by atoms with Crippen LogP contribution in [-0.2, 0) is 4.79 Å². The summed E-state index contributed by atoms with van der Waals surface area (Å²) in [7, 11) is 0.